The predicted molar refractivity (Wildman–Crippen MR) is 127 cm³/mol. The van der Waals surface area contributed by atoms with Crippen LogP contribution in [0.1, 0.15) is 52.7 Å². The second-order valence-electron chi connectivity index (χ2n) is 9.75. The number of hydrogen-bond acceptors (Lipinski definition) is 3. The molecule has 5 heteroatoms. The Morgan fingerprint density at radius 1 is 0.710 bits per heavy atom. The summed E-state index contributed by atoms with van der Waals surface area (Å²) in [4.78, 5) is 10.1. The molecule has 1 N–H and O–H groups in total. The van der Waals surface area contributed by atoms with Crippen LogP contribution in [0, 0.1) is 0 Å². The van der Waals surface area contributed by atoms with Crippen molar-refractivity contribution in [2.45, 2.75) is 52.4 Å². The molecule has 0 aliphatic carbocycles. The van der Waals surface area contributed by atoms with E-state index in [-0.39, 0.29) is 22.3 Å². The molecule has 0 radical (unpaired) electrons. The van der Waals surface area contributed by atoms with Crippen LogP contribution < -0.4 is 9.05 Å². The molecule has 4 nitrogen and oxygen atoms in total. The number of hydrogen-bond donors (Lipinski definition) is 1. The highest BCUT2D eigenvalue weighted by atomic mass is 31.2. The number of benzene rings is 3. The lowest BCUT2D eigenvalue weighted by atomic mass is 9.77. The van der Waals surface area contributed by atoms with E-state index in [1.807, 2.05) is 12.1 Å². The van der Waals surface area contributed by atoms with Crippen LogP contribution in [0.4, 0.5) is 0 Å². The van der Waals surface area contributed by atoms with Gasteiger partial charge in [0.2, 0.25) is 0 Å². The number of rotatable bonds is 5. The maximum Gasteiger partial charge on any atom is 0.584 e. The normalized spacial score (nSPS) is 14.0. The lowest BCUT2D eigenvalue weighted by Crippen LogP contribution is -2.17. The van der Waals surface area contributed by atoms with Gasteiger partial charge in [0, 0.05) is 0 Å². The molecule has 0 heterocycles. The first kappa shape index (κ1) is 23.1. The summed E-state index contributed by atoms with van der Waals surface area (Å²) in [7, 11) is -4.28. The average Bonchev–Trinajstić information content (AvgIpc) is 2.67. The first-order valence-corrected chi connectivity index (χ1v) is 11.9. The molecule has 1 unspecified atom stereocenters. The van der Waals surface area contributed by atoms with Gasteiger partial charge in [0.15, 0.2) is 0 Å². The van der Waals surface area contributed by atoms with E-state index in [1.54, 1.807) is 42.5 Å². The summed E-state index contributed by atoms with van der Waals surface area (Å²) in [6, 6.07) is 22.3. The van der Waals surface area contributed by atoms with Crippen LogP contribution in [0.5, 0.6) is 11.5 Å². The fourth-order valence-corrected chi connectivity index (χ4v) is 4.16. The fourth-order valence-electron chi connectivity index (χ4n) is 3.34. The zero-order valence-corrected chi connectivity index (χ0v) is 19.9. The van der Waals surface area contributed by atoms with Crippen LogP contribution in [0.3, 0.4) is 0 Å². The van der Waals surface area contributed by atoms with Gasteiger partial charge in [-0.1, -0.05) is 90.1 Å². The Hall–Kier alpha value is -2.55. The highest BCUT2D eigenvalue weighted by Gasteiger charge is 2.26. The van der Waals surface area contributed by atoms with Crippen LogP contribution in [0.15, 0.2) is 72.8 Å². The molecule has 0 saturated heterocycles. The van der Waals surface area contributed by atoms with Gasteiger partial charge in [0.25, 0.3) is 0 Å². The molecular weight excluding hydrogens is 407 g/mol. The maximum absolute atomic E-state index is 12.3. The summed E-state index contributed by atoms with van der Waals surface area (Å²) in [6.07, 6.45) is 0. The Morgan fingerprint density at radius 2 is 1.26 bits per heavy atom. The van der Waals surface area contributed by atoms with Gasteiger partial charge in [-0.15, -0.1) is 0 Å². The third-order valence-electron chi connectivity index (χ3n) is 5.04. The molecule has 0 fully saturated rings. The quantitative estimate of drug-likeness (QED) is 0.419. The molecule has 0 saturated carbocycles. The molecule has 1 atom stereocenters. The fraction of sp³-hybridized carbons (Fsp3) is 0.308. The van der Waals surface area contributed by atoms with E-state index in [2.05, 4.69) is 59.7 Å². The van der Waals surface area contributed by atoms with Crippen molar-refractivity contribution in [3.8, 4) is 22.6 Å². The SMILES string of the molecule is CC(C)(C)c1ccc(-c2ccc(OP(=O)(O)Oc3ccccc3)cc2)c(C(C)(C)C)c1. The Bertz CT molecular complexity index is 1080. The van der Waals surface area contributed by atoms with Crippen molar-refractivity contribution in [2.75, 3.05) is 0 Å². The molecular formula is C26H31O4P. The van der Waals surface area contributed by atoms with E-state index in [0.717, 1.165) is 11.1 Å². The van der Waals surface area contributed by atoms with Gasteiger partial charge in [-0.3, -0.25) is 4.89 Å². The third kappa shape index (κ3) is 6.00. The molecule has 3 rings (SSSR count). The zero-order valence-electron chi connectivity index (χ0n) is 19.0. The average molecular weight is 439 g/mol. The minimum Gasteiger partial charge on any atom is -0.395 e. The van der Waals surface area contributed by atoms with E-state index in [1.165, 1.54) is 11.1 Å². The molecule has 0 aliphatic rings. The van der Waals surface area contributed by atoms with Crippen molar-refractivity contribution in [3.63, 3.8) is 0 Å². The van der Waals surface area contributed by atoms with E-state index in [0.29, 0.717) is 0 Å². The van der Waals surface area contributed by atoms with Crippen molar-refractivity contribution >= 4 is 7.82 Å². The molecule has 0 aliphatic heterocycles. The minimum absolute atomic E-state index is 0.0317. The van der Waals surface area contributed by atoms with Crippen molar-refractivity contribution in [2.24, 2.45) is 0 Å². The molecule has 0 amide bonds. The summed E-state index contributed by atoms with van der Waals surface area (Å²) in [5, 5.41) is 0. The topological polar surface area (TPSA) is 55.8 Å². The van der Waals surface area contributed by atoms with Crippen molar-refractivity contribution in [1.29, 1.82) is 0 Å². The molecule has 0 spiro atoms. The Balaban J connectivity index is 1.87. The summed E-state index contributed by atoms with van der Waals surface area (Å²) in [5.74, 6) is 0.549. The van der Waals surface area contributed by atoms with Crippen molar-refractivity contribution in [3.05, 3.63) is 83.9 Å². The second kappa shape index (κ2) is 8.53. The second-order valence-corrected chi connectivity index (χ2v) is 11.1. The minimum atomic E-state index is -4.28. The summed E-state index contributed by atoms with van der Waals surface area (Å²) in [6.45, 7) is 13.3. The Kier molecular flexibility index (Phi) is 6.36. The van der Waals surface area contributed by atoms with Crippen LogP contribution >= 0.6 is 7.82 Å². The molecule has 164 valence electrons. The van der Waals surface area contributed by atoms with Crippen molar-refractivity contribution in [1.82, 2.24) is 0 Å². The Labute approximate surface area is 185 Å². The van der Waals surface area contributed by atoms with Crippen LogP contribution in [-0.2, 0) is 15.4 Å². The predicted octanol–water partition coefficient (Wildman–Crippen LogP) is 7.51. The van der Waals surface area contributed by atoms with Gasteiger partial charge in [-0.05, 0) is 57.3 Å². The van der Waals surface area contributed by atoms with Crippen LogP contribution in [0.2, 0.25) is 0 Å². The number of phosphoric acid groups is 1. The first-order valence-electron chi connectivity index (χ1n) is 10.4. The maximum atomic E-state index is 12.3. The summed E-state index contributed by atoms with van der Waals surface area (Å²) in [5.41, 5.74) is 4.75. The van der Waals surface area contributed by atoms with E-state index < -0.39 is 7.82 Å². The highest BCUT2D eigenvalue weighted by Crippen LogP contribution is 2.45. The molecule has 3 aromatic carbocycles. The number of phosphoric ester groups is 1. The van der Waals surface area contributed by atoms with E-state index in [9.17, 15) is 9.46 Å². The smallest absolute Gasteiger partial charge is 0.395 e. The highest BCUT2D eigenvalue weighted by molar-refractivity contribution is 7.48. The van der Waals surface area contributed by atoms with E-state index >= 15 is 0 Å². The standard InChI is InChI=1S/C26H31O4P/c1-25(2,3)20-14-17-23(24(18-20)26(4,5)6)19-12-15-22(16-13-19)30-31(27,28)29-21-10-8-7-9-11-21/h7-18H,1-6H3,(H,27,28). The van der Waals surface area contributed by atoms with Gasteiger partial charge in [0.05, 0.1) is 0 Å². The van der Waals surface area contributed by atoms with Gasteiger partial charge < -0.3 is 9.05 Å². The van der Waals surface area contributed by atoms with Crippen molar-refractivity contribution < 1.29 is 18.5 Å². The third-order valence-corrected chi connectivity index (χ3v) is 5.93. The molecule has 3 aromatic rings. The van der Waals surface area contributed by atoms with E-state index in [4.69, 9.17) is 9.05 Å². The van der Waals surface area contributed by atoms with Gasteiger partial charge >= 0.3 is 7.82 Å². The molecule has 0 bridgehead atoms. The van der Waals surface area contributed by atoms with Gasteiger partial charge in [0.1, 0.15) is 11.5 Å². The molecule has 31 heavy (non-hydrogen) atoms. The van der Waals surface area contributed by atoms with Crippen LogP contribution in [0.25, 0.3) is 11.1 Å². The zero-order chi connectivity index (χ0) is 22.9. The number of para-hydroxylation sites is 1. The molecule has 0 aromatic heterocycles. The summed E-state index contributed by atoms with van der Waals surface area (Å²) >= 11 is 0. The Morgan fingerprint density at radius 3 is 1.77 bits per heavy atom. The first-order chi connectivity index (χ1) is 14.4. The summed E-state index contributed by atoms with van der Waals surface area (Å²) < 4.78 is 22.7. The van der Waals surface area contributed by atoms with Gasteiger partial charge in [-0.2, -0.15) is 0 Å². The lowest BCUT2D eigenvalue weighted by molar-refractivity contribution is 0.291. The van der Waals surface area contributed by atoms with Crippen LogP contribution in [-0.4, -0.2) is 4.89 Å². The van der Waals surface area contributed by atoms with Gasteiger partial charge in [-0.25, -0.2) is 4.57 Å². The monoisotopic (exact) mass is 438 g/mol. The largest absolute Gasteiger partial charge is 0.584 e. The lowest BCUT2D eigenvalue weighted by Gasteiger charge is -2.27.